The number of aromatic nitrogens is 3. The van der Waals surface area contributed by atoms with Crippen molar-refractivity contribution < 1.29 is 0 Å². The second-order valence-corrected chi connectivity index (χ2v) is 5.16. The average Bonchev–Trinajstić information content (AvgIpc) is 2.62. The molecule has 1 aromatic rings. The Labute approximate surface area is 98.2 Å². The van der Waals surface area contributed by atoms with E-state index in [4.69, 9.17) is 0 Å². The number of nitrogens with zero attached hydrogens (tertiary/aromatic N) is 3. The summed E-state index contributed by atoms with van der Waals surface area (Å²) in [7, 11) is 0. The van der Waals surface area contributed by atoms with Gasteiger partial charge in [0, 0.05) is 12.0 Å². The molecule has 0 saturated carbocycles. The Bertz CT molecular complexity index is 341. The maximum Gasteiger partial charge on any atom is 0.0890 e. The molecule has 1 unspecified atom stereocenters. The topological polar surface area (TPSA) is 30.7 Å². The van der Waals surface area contributed by atoms with Crippen LogP contribution in [0.25, 0.3) is 0 Å². The molecule has 0 saturated heterocycles. The van der Waals surface area contributed by atoms with Crippen LogP contribution < -0.4 is 0 Å². The maximum absolute atomic E-state index is 4.44. The van der Waals surface area contributed by atoms with Gasteiger partial charge in [-0.15, -0.1) is 5.10 Å². The van der Waals surface area contributed by atoms with Crippen molar-refractivity contribution >= 4 is 0 Å². The minimum absolute atomic E-state index is 0.438. The molecule has 90 valence electrons. The van der Waals surface area contributed by atoms with Gasteiger partial charge in [0.2, 0.25) is 0 Å². The van der Waals surface area contributed by atoms with E-state index in [-0.39, 0.29) is 0 Å². The van der Waals surface area contributed by atoms with Crippen molar-refractivity contribution in [3.05, 3.63) is 11.4 Å². The van der Waals surface area contributed by atoms with Crippen LogP contribution in [0.1, 0.15) is 76.2 Å². The highest BCUT2D eigenvalue weighted by Crippen LogP contribution is 2.31. The highest BCUT2D eigenvalue weighted by molar-refractivity contribution is 5.17. The predicted molar refractivity (Wildman–Crippen MR) is 65.6 cm³/mol. The van der Waals surface area contributed by atoms with E-state index in [1.54, 1.807) is 0 Å². The molecule has 1 aliphatic rings. The molecule has 0 aromatic carbocycles. The van der Waals surface area contributed by atoms with Crippen molar-refractivity contribution in [3.63, 3.8) is 0 Å². The maximum atomic E-state index is 4.44. The van der Waals surface area contributed by atoms with Crippen LogP contribution in [0.15, 0.2) is 0 Å². The van der Waals surface area contributed by atoms with Gasteiger partial charge in [-0.25, -0.2) is 4.68 Å². The predicted octanol–water partition coefficient (Wildman–Crippen LogP) is 3.47. The van der Waals surface area contributed by atoms with Gasteiger partial charge in [-0.2, -0.15) is 0 Å². The van der Waals surface area contributed by atoms with Crippen LogP contribution in [-0.4, -0.2) is 15.0 Å². The summed E-state index contributed by atoms with van der Waals surface area (Å²) in [5.74, 6) is 0.641. The molecule has 2 rings (SSSR count). The third-order valence-electron chi connectivity index (χ3n) is 3.66. The molecule has 1 aliphatic carbocycles. The van der Waals surface area contributed by atoms with E-state index in [9.17, 15) is 0 Å². The highest BCUT2D eigenvalue weighted by atomic mass is 15.4. The standard InChI is InChI=1S/C13H23N3/c1-4-11-8-6-5-7-9-12-13(11)14-15-16(12)10(2)3/h10-11H,4-9H2,1-3H3. The first-order valence-corrected chi connectivity index (χ1v) is 6.68. The van der Waals surface area contributed by atoms with Gasteiger partial charge in [0.1, 0.15) is 0 Å². The van der Waals surface area contributed by atoms with E-state index < -0.39 is 0 Å². The quantitative estimate of drug-likeness (QED) is 0.765. The first-order valence-electron chi connectivity index (χ1n) is 6.68. The molecular formula is C13H23N3. The zero-order chi connectivity index (χ0) is 11.5. The molecular weight excluding hydrogens is 198 g/mol. The zero-order valence-electron chi connectivity index (χ0n) is 10.7. The third kappa shape index (κ3) is 2.13. The molecule has 1 heterocycles. The molecule has 1 atom stereocenters. The fourth-order valence-electron chi connectivity index (χ4n) is 2.69. The van der Waals surface area contributed by atoms with Crippen molar-refractivity contribution in [2.24, 2.45) is 0 Å². The summed E-state index contributed by atoms with van der Waals surface area (Å²) < 4.78 is 2.13. The Kier molecular flexibility index (Phi) is 3.62. The zero-order valence-corrected chi connectivity index (χ0v) is 10.7. The van der Waals surface area contributed by atoms with Crippen LogP contribution in [0.5, 0.6) is 0 Å². The number of hydrogen-bond acceptors (Lipinski definition) is 2. The van der Waals surface area contributed by atoms with Gasteiger partial charge in [0.15, 0.2) is 0 Å². The van der Waals surface area contributed by atoms with Crippen LogP contribution in [0, 0.1) is 0 Å². The first kappa shape index (κ1) is 11.6. The Hall–Kier alpha value is -0.860. The van der Waals surface area contributed by atoms with Crippen molar-refractivity contribution in [1.29, 1.82) is 0 Å². The van der Waals surface area contributed by atoms with Crippen molar-refractivity contribution in [2.45, 2.75) is 71.3 Å². The number of rotatable bonds is 2. The van der Waals surface area contributed by atoms with Gasteiger partial charge >= 0.3 is 0 Å². The normalized spacial score (nSPS) is 21.6. The molecule has 0 spiro atoms. The molecule has 0 fully saturated rings. The van der Waals surface area contributed by atoms with Crippen molar-refractivity contribution in [2.75, 3.05) is 0 Å². The van der Waals surface area contributed by atoms with E-state index in [2.05, 4.69) is 35.8 Å². The van der Waals surface area contributed by atoms with Gasteiger partial charge in [-0.1, -0.05) is 25.0 Å². The smallest absolute Gasteiger partial charge is 0.0890 e. The van der Waals surface area contributed by atoms with E-state index in [0.29, 0.717) is 12.0 Å². The number of hydrogen-bond donors (Lipinski definition) is 0. The Morgan fingerprint density at radius 1 is 1.31 bits per heavy atom. The van der Waals surface area contributed by atoms with Gasteiger partial charge in [0.25, 0.3) is 0 Å². The molecule has 0 N–H and O–H groups in total. The first-order chi connectivity index (χ1) is 7.74. The molecule has 0 amide bonds. The van der Waals surface area contributed by atoms with Crippen LogP contribution >= 0.6 is 0 Å². The Balaban J connectivity index is 2.36. The van der Waals surface area contributed by atoms with E-state index in [1.165, 1.54) is 43.5 Å². The average molecular weight is 221 g/mol. The molecule has 0 bridgehead atoms. The van der Waals surface area contributed by atoms with E-state index in [0.717, 1.165) is 6.42 Å². The summed E-state index contributed by atoms with van der Waals surface area (Å²) in [5, 5.41) is 8.79. The summed E-state index contributed by atoms with van der Waals surface area (Å²) in [6.45, 7) is 6.65. The lowest BCUT2D eigenvalue weighted by molar-refractivity contribution is 0.475. The second kappa shape index (κ2) is 4.98. The second-order valence-electron chi connectivity index (χ2n) is 5.16. The van der Waals surface area contributed by atoms with E-state index >= 15 is 0 Å². The summed E-state index contributed by atoms with van der Waals surface area (Å²) in [6, 6.07) is 0.438. The van der Waals surface area contributed by atoms with Crippen molar-refractivity contribution in [1.82, 2.24) is 15.0 Å². The SMILES string of the molecule is CCC1CCCCCc2c1nnn2C(C)C. The van der Waals surface area contributed by atoms with Crippen LogP contribution in [0.3, 0.4) is 0 Å². The Morgan fingerprint density at radius 3 is 2.81 bits per heavy atom. The summed E-state index contributed by atoms with van der Waals surface area (Å²) in [6.07, 6.45) is 7.66. The number of fused-ring (bicyclic) bond motifs is 1. The van der Waals surface area contributed by atoms with Gasteiger partial charge < -0.3 is 0 Å². The van der Waals surface area contributed by atoms with Gasteiger partial charge in [0.05, 0.1) is 11.4 Å². The molecule has 0 radical (unpaired) electrons. The lowest BCUT2D eigenvalue weighted by atomic mass is 9.90. The Morgan fingerprint density at radius 2 is 2.12 bits per heavy atom. The fraction of sp³-hybridized carbons (Fsp3) is 0.846. The molecule has 3 heteroatoms. The molecule has 0 aliphatic heterocycles. The minimum Gasteiger partial charge on any atom is -0.247 e. The van der Waals surface area contributed by atoms with Gasteiger partial charge in [-0.3, -0.25) is 0 Å². The summed E-state index contributed by atoms with van der Waals surface area (Å²) in [4.78, 5) is 0. The minimum atomic E-state index is 0.438. The molecule has 16 heavy (non-hydrogen) atoms. The lowest BCUT2D eigenvalue weighted by Crippen LogP contribution is -2.11. The monoisotopic (exact) mass is 221 g/mol. The van der Waals surface area contributed by atoms with Crippen LogP contribution in [0.2, 0.25) is 0 Å². The van der Waals surface area contributed by atoms with Gasteiger partial charge in [-0.05, 0) is 39.5 Å². The third-order valence-corrected chi connectivity index (χ3v) is 3.66. The summed E-state index contributed by atoms with van der Waals surface area (Å²) >= 11 is 0. The molecule has 3 nitrogen and oxygen atoms in total. The van der Waals surface area contributed by atoms with Crippen molar-refractivity contribution in [3.8, 4) is 0 Å². The van der Waals surface area contributed by atoms with Crippen LogP contribution in [0.4, 0.5) is 0 Å². The summed E-state index contributed by atoms with van der Waals surface area (Å²) in [5.41, 5.74) is 2.69. The lowest BCUT2D eigenvalue weighted by Gasteiger charge is -2.19. The fourth-order valence-corrected chi connectivity index (χ4v) is 2.69. The van der Waals surface area contributed by atoms with Crippen LogP contribution in [-0.2, 0) is 6.42 Å². The highest BCUT2D eigenvalue weighted by Gasteiger charge is 2.22. The largest absolute Gasteiger partial charge is 0.247 e. The molecule has 1 aromatic heterocycles. The van der Waals surface area contributed by atoms with E-state index in [1.807, 2.05) is 0 Å².